The summed E-state index contributed by atoms with van der Waals surface area (Å²) in [6.07, 6.45) is -0.957. The van der Waals surface area contributed by atoms with Gasteiger partial charge in [-0.3, -0.25) is 9.59 Å². The minimum atomic E-state index is -4.53. The van der Waals surface area contributed by atoms with Crippen LogP contribution in [0.4, 0.5) is 18.9 Å². The summed E-state index contributed by atoms with van der Waals surface area (Å²) in [6.45, 7) is -1.05. The normalized spacial score (nSPS) is 15.1. The van der Waals surface area contributed by atoms with Crippen LogP contribution in [0.1, 0.15) is 35.4 Å². The highest BCUT2D eigenvalue weighted by atomic mass is 19.4. The average Bonchev–Trinajstić information content (AvgIpc) is 3.13. The van der Waals surface area contributed by atoms with Crippen LogP contribution < -0.4 is 4.90 Å². The number of anilines is 1. The van der Waals surface area contributed by atoms with Gasteiger partial charge < -0.3 is 14.2 Å². The van der Waals surface area contributed by atoms with Crippen molar-refractivity contribution in [3.05, 3.63) is 54.0 Å². The molecule has 3 rings (SSSR count). The molecule has 2 heterocycles. The molecule has 144 valence electrons. The SMILES string of the molecule is O=C(c1ccc(N2CCCCC2=O)cc1)N(Cc1ccco1)CC(F)(F)F. The van der Waals surface area contributed by atoms with E-state index in [9.17, 15) is 22.8 Å². The quantitative estimate of drug-likeness (QED) is 0.788. The molecule has 0 aliphatic carbocycles. The largest absolute Gasteiger partial charge is 0.467 e. The maximum absolute atomic E-state index is 12.9. The topological polar surface area (TPSA) is 53.8 Å². The first-order valence-electron chi connectivity index (χ1n) is 8.62. The highest BCUT2D eigenvalue weighted by Crippen LogP contribution is 2.24. The van der Waals surface area contributed by atoms with Crippen molar-refractivity contribution in [3.63, 3.8) is 0 Å². The Morgan fingerprint density at radius 2 is 1.89 bits per heavy atom. The Hall–Kier alpha value is -2.77. The van der Waals surface area contributed by atoms with Crippen molar-refractivity contribution in [2.45, 2.75) is 32.0 Å². The van der Waals surface area contributed by atoms with Gasteiger partial charge in [0.05, 0.1) is 12.8 Å². The van der Waals surface area contributed by atoms with Crippen molar-refractivity contribution in [2.24, 2.45) is 0 Å². The molecule has 27 heavy (non-hydrogen) atoms. The highest BCUT2D eigenvalue weighted by molar-refractivity contribution is 5.97. The molecule has 5 nitrogen and oxygen atoms in total. The third kappa shape index (κ3) is 4.90. The molecule has 2 aromatic rings. The number of hydrogen-bond acceptors (Lipinski definition) is 3. The van der Waals surface area contributed by atoms with Crippen LogP contribution in [0.15, 0.2) is 47.1 Å². The number of hydrogen-bond donors (Lipinski definition) is 0. The van der Waals surface area contributed by atoms with Gasteiger partial charge in [0.1, 0.15) is 12.3 Å². The van der Waals surface area contributed by atoms with Crippen molar-refractivity contribution >= 4 is 17.5 Å². The highest BCUT2D eigenvalue weighted by Gasteiger charge is 2.34. The molecule has 0 N–H and O–H groups in total. The van der Waals surface area contributed by atoms with Gasteiger partial charge in [-0.05, 0) is 49.2 Å². The molecule has 1 saturated heterocycles. The maximum atomic E-state index is 12.9. The van der Waals surface area contributed by atoms with Crippen molar-refractivity contribution in [1.82, 2.24) is 4.90 Å². The van der Waals surface area contributed by atoms with Crippen LogP contribution >= 0.6 is 0 Å². The van der Waals surface area contributed by atoms with Gasteiger partial charge in [0.2, 0.25) is 5.91 Å². The van der Waals surface area contributed by atoms with Gasteiger partial charge in [-0.25, -0.2) is 0 Å². The lowest BCUT2D eigenvalue weighted by Gasteiger charge is -2.27. The summed E-state index contributed by atoms with van der Waals surface area (Å²) < 4.78 is 43.7. The molecule has 0 radical (unpaired) electrons. The zero-order chi connectivity index (χ0) is 19.4. The molecule has 8 heteroatoms. The molecular weight excluding hydrogens is 361 g/mol. The molecule has 1 aromatic heterocycles. The number of alkyl halides is 3. The van der Waals surface area contributed by atoms with E-state index < -0.39 is 18.6 Å². The number of rotatable bonds is 5. The summed E-state index contributed by atoms with van der Waals surface area (Å²) in [5.41, 5.74) is 0.767. The van der Waals surface area contributed by atoms with Gasteiger partial charge in [-0.2, -0.15) is 13.2 Å². The van der Waals surface area contributed by atoms with E-state index in [0.29, 0.717) is 23.6 Å². The third-order valence-electron chi connectivity index (χ3n) is 4.33. The van der Waals surface area contributed by atoms with Crippen molar-refractivity contribution in [3.8, 4) is 0 Å². The fourth-order valence-corrected chi connectivity index (χ4v) is 3.05. The van der Waals surface area contributed by atoms with Gasteiger partial charge in [-0.1, -0.05) is 0 Å². The fraction of sp³-hybridized carbons (Fsp3) is 0.368. The number of halogens is 3. The summed E-state index contributed by atoms with van der Waals surface area (Å²) in [5, 5.41) is 0. The molecule has 0 atom stereocenters. The van der Waals surface area contributed by atoms with Gasteiger partial charge in [0, 0.05) is 24.2 Å². The van der Waals surface area contributed by atoms with Crippen LogP contribution in [-0.4, -0.2) is 36.0 Å². The van der Waals surface area contributed by atoms with Gasteiger partial charge >= 0.3 is 6.18 Å². The number of carbonyl (C=O) groups excluding carboxylic acids is 2. The second-order valence-electron chi connectivity index (χ2n) is 6.41. The first-order valence-corrected chi connectivity index (χ1v) is 8.62. The van der Waals surface area contributed by atoms with E-state index in [1.165, 1.54) is 24.5 Å². The minimum absolute atomic E-state index is 0.0110. The molecule has 1 aliphatic heterocycles. The lowest BCUT2D eigenvalue weighted by Crippen LogP contribution is -2.38. The van der Waals surface area contributed by atoms with E-state index in [4.69, 9.17) is 4.42 Å². The maximum Gasteiger partial charge on any atom is 0.406 e. The predicted molar refractivity (Wildman–Crippen MR) is 92.1 cm³/mol. The van der Waals surface area contributed by atoms with Crippen LogP contribution in [0.5, 0.6) is 0 Å². The predicted octanol–water partition coefficient (Wildman–Crippen LogP) is 4.00. The lowest BCUT2D eigenvalue weighted by atomic mass is 10.1. The molecule has 0 spiro atoms. The van der Waals surface area contributed by atoms with Crippen LogP contribution in [0.3, 0.4) is 0 Å². The average molecular weight is 380 g/mol. The minimum Gasteiger partial charge on any atom is -0.467 e. The van der Waals surface area contributed by atoms with E-state index >= 15 is 0 Å². The second-order valence-corrected chi connectivity index (χ2v) is 6.41. The number of carbonyl (C=O) groups is 2. The van der Waals surface area contributed by atoms with Gasteiger partial charge in [-0.15, -0.1) is 0 Å². The molecule has 1 fully saturated rings. The molecule has 1 aliphatic rings. The second kappa shape index (κ2) is 7.85. The lowest BCUT2D eigenvalue weighted by molar-refractivity contribution is -0.142. The number of furan rings is 1. The smallest absolute Gasteiger partial charge is 0.406 e. The summed E-state index contributed by atoms with van der Waals surface area (Å²) in [4.78, 5) is 26.9. The Kier molecular flexibility index (Phi) is 5.53. The molecule has 1 aromatic carbocycles. The van der Waals surface area contributed by atoms with Crippen molar-refractivity contribution in [2.75, 3.05) is 18.0 Å². The standard InChI is InChI=1S/C19H19F3N2O3/c20-19(21,22)13-23(12-16-4-3-11-27-16)18(26)14-6-8-15(9-7-14)24-10-2-1-5-17(24)25/h3-4,6-9,11H,1-2,5,10,12-13H2. The van der Waals surface area contributed by atoms with Crippen molar-refractivity contribution in [1.29, 1.82) is 0 Å². The van der Waals surface area contributed by atoms with Crippen molar-refractivity contribution < 1.29 is 27.2 Å². The van der Waals surface area contributed by atoms with Crippen LogP contribution in [-0.2, 0) is 11.3 Å². The Morgan fingerprint density at radius 1 is 1.15 bits per heavy atom. The Bertz CT molecular complexity index is 786. The van der Waals surface area contributed by atoms with E-state index in [-0.39, 0.29) is 23.8 Å². The monoisotopic (exact) mass is 380 g/mol. The van der Waals surface area contributed by atoms with E-state index in [0.717, 1.165) is 12.8 Å². The Balaban J connectivity index is 1.77. The summed E-state index contributed by atoms with van der Waals surface area (Å²) in [6, 6.07) is 9.15. The summed E-state index contributed by atoms with van der Waals surface area (Å²) in [5.74, 6) is -0.472. The van der Waals surface area contributed by atoms with E-state index in [1.807, 2.05) is 0 Å². The van der Waals surface area contributed by atoms with Crippen LogP contribution in [0, 0.1) is 0 Å². The Labute approximate surface area is 154 Å². The van der Waals surface area contributed by atoms with Gasteiger partial charge in [0.15, 0.2) is 0 Å². The molecule has 0 saturated carbocycles. The first-order chi connectivity index (χ1) is 12.8. The number of benzene rings is 1. The zero-order valence-electron chi connectivity index (χ0n) is 14.5. The molecule has 0 unspecified atom stereocenters. The number of amides is 2. The van der Waals surface area contributed by atoms with Crippen LogP contribution in [0.25, 0.3) is 0 Å². The molecular formula is C19H19F3N2O3. The summed E-state index contributed by atoms with van der Waals surface area (Å²) >= 11 is 0. The number of nitrogens with zero attached hydrogens (tertiary/aromatic N) is 2. The van der Waals surface area contributed by atoms with Gasteiger partial charge in [0.25, 0.3) is 5.91 Å². The third-order valence-corrected chi connectivity index (χ3v) is 4.33. The zero-order valence-corrected chi connectivity index (χ0v) is 14.5. The molecule has 0 bridgehead atoms. The molecule has 2 amide bonds. The fourth-order valence-electron chi connectivity index (χ4n) is 3.05. The van der Waals surface area contributed by atoms with E-state index in [1.54, 1.807) is 23.1 Å². The summed E-state index contributed by atoms with van der Waals surface area (Å²) in [7, 11) is 0. The number of piperidine rings is 1. The van der Waals surface area contributed by atoms with E-state index in [2.05, 4.69) is 0 Å². The first kappa shape index (κ1) is 19.0. The van der Waals surface area contributed by atoms with Crippen LogP contribution in [0.2, 0.25) is 0 Å². The Morgan fingerprint density at radius 3 is 2.48 bits per heavy atom.